The van der Waals surface area contributed by atoms with Crippen LogP contribution in [-0.4, -0.2) is 26.6 Å². The normalized spacial score (nSPS) is 12.3. The zero-order valence-electron chi connectivity index (χ0n) is 19.6. The summed E-state index contributed by atoms with van der Waals surface area (Å²) in [5.41, 5.74) is 6.50. The van der Waals surface area contributed by atoms with Crippen molar-refractivity contribution >= 4 is 11.7 Å². The Morgan fingerprint density at radius 1 is 0.886 bits per heavy atom. The van der Waals surface area contributed by atoms with Crippen LogP contribution in [0.2, 0.25) is 0 Å². The van der Waals surface area contributed by atoms with Gasteiger partial charge in [-0.2, -0.15) is 0 Å². The van der Waals surface area contributed by atoms with Gasteiger partial charge in [0.15, 0.2) is 0 Å². The molecule has 0 spiro atoms. The standard InChI is InChI=1S/C29H26N2O4/c1-19-5-3-4-6-25(19)26(17-27(30-35)24-15-16-28(32)31(2)18-24)22-11-7-20(8-12-22)21-9-13-23(14-10-21)29(33)34/h3-16,18,26,35H,17H2,1-2H3,(H,33,34)/t26-/m0/s1. The predicted octanol–water partition coefficient (Wildman–Crippen LogP) is 5.46. The lowest BCUT2D eigenvalue weighted by Crippen LogP contribution is -2.18. The largest absolute Gasteiger partial charge is 0.478 e. The quantitative estimate of drug-likeness (QED) is 0.215. The first-order valence-corrected chi connectivity index (χ1v) is 11.2. The third-order valence-corrected chi connectivity index (χ3v) is 6.28. The smallest absolute Gasteiger partial charge is 0.335 e. The van der Waals surface area contributed by atoms with Gasteiger partial charge in [-0.1, -0.05) is 65.8 Å². The van der Waals surface area contributed by atoms with Crippen molar-refractivity contribution in [2.24, 2.45) is 12.2 Å². The maximum Gasteiger partial charge on any atom is 0.335 e. The van der Waals surface area contributed by atoms with Gasteiger partial charge >= 0.3 is 5.97 Å². The zero-order valence-corrected chi connectivity index (χ0v) is 19.6. The molecule has 0 radical (unpaired) electrons. The number of nitrogens with zero attached hydrogens (tertiary/aromatic N) is 2. The van der Waals surface area contributed by atoms with Crippen molar-refractivity contribution in [3.63, 3.8) is 0 Å². The highest BCUT2D eigenvalue weighted by Gasteiger charge is 2.21. The first kappa shape index (κ1) is 23.7. The average Bonchev–Trinajstić information content (AvgIpc) is 2.87. The van der Waals surface area contributed by atoms with Crippen molar-refractivity contribution in [3.8, 4) is 11.1 Å². The maximum atomic E-state index is 11.8. The second-order valence-electron chi connectivity index (χ2n) is 8.53. The highest BCUT2D eigenvalue weighted by molar-refractivity contribution is 6.00. The molecule has 0 saturated carbocycles. The number of hydrogen-bond acceptors (Lipinski definition) is 4. The molecule has 6 heteroatoms. The molecule has 1 aromatic heterocycles. The summed E-state index contributed by atoms with van der Waals surface area (Å²) in [5, 5.41) is 22.6. The van der Waals surface area contributed by atoms with Crippen LogP contribution in [-0.2, 0) is 7.05 Å². The SMILES string of the molecule is Cc1ccccc1[C@@H](CC(=NO)c1ccc(=O)n(C)c1)c1ccc(-c2ccc(C(=O)O)cc2)cc1. The Labute approximate surface area is 203 Å². The van der Waals surface area contributed by atoms with Gasteiger partial charge in [-0.05, 0) is 52.9 Å². The molecule has 176 valence electrons. The van der Waals surface area contributed by atoms with Crippen LogP contribution in [0.15, 0.2) is 101 Å². The molecule has 0 unspecified atom stereocenters. The minimum atomic E-state index is -0.951. The lowest BCUT2D eigenvalue weighted by molar-refractivity contribution is 0.0697. The van der Waals surface area contributed by atoms with Gasteiger partial charge in [0.05, 0.1) is 11.3 Å². The first-order valence-electron chi connectivity index (χ1n) is 11.2. The summed E-state index contributed by atoms with van der Waals surface area (Å²) >= 11 is 0. The molecule has 0 aliphatic carbocycles. The summed E-state index contributed by atoms with van der Waals surface area (Å²) in [5.74, 6) is -1.03. The highest BCUT2D eigenvalue weighted by Crippen LogP contribution is 2.33. The van der Waals surface area contributed by atoms with E-state index in [1.165, 1.54) is 10.6 Å². The second kappa shape index (κ2) is 10.2. The molecular formula is C29H26N2O4. The third-order valence-electron chi connectivity index (χ3n) is 6.28. The number of oxime groups is 1. The van der Waals surface area contributed by atoms with E-state index in [1.807, 2.05) is 36.4 Å². The summed E-state index contributed by atoms with van der Waals surface area (Å²) in [6, 6.07) is 26.2. The Hall–Kier alpha value is -4.45. The minimum absolute atomic E-state index is 0.0808. The van der Waals surface area contributed by atoms with Crippen molar-refractivity contribution in [2.75, 3.05) is 0 Å². The molecule has 0 aliphatic heterocycles. The number of carbonyl (C=O) groups is 1. The van der Waals surface area contributed by atoms with E-state index in [9.17, 15) is 14.8 Å². The van der Waals surface area contributed by atoms with E-state index in [-0.39, 0.29) is 17.0 Å². The van der Waals surface area contributed by atoms with E-state index < -0.39 is 5.97 Å². The average molecular weight is 467 g/mol. The Kier molecular flexibility index (Phi) is 6.92. The monoisotopic (exact) mass is 466 g/mol. The number of aryl methyl sites for hydroxylation is 2. The van der Waals surface area contributed by atoms with Crippen LogP contribution in [0.3, 0.4) is 0 Å². The van der Waals surface area contributed by atoms with E-state index >= 15 is 0 Å². The second-order valence-corrected chi connectivity index (χ2v) is 8.53. The Morgan fingerprint density at radius 2 is 1.49 bits per heavy atom. The fraction of sp³-hybridized carbons (Fsp3) is 0.138. The molecule has 4 aromatic rings. The number of aromatic carboxylic acids is 1. The molecule has 2 N–H and O–H groups in total. The van der Waals surface area contributed by atoms with Gasteiger partial charge in [0, 0.05) is 37.2 Å². The van der Waals surface area contributed by atoms with Crippen LogP contribution in [0, 0.1) is 6.92 Å². The van der Waals surface area contributed by atoms with Crippen LogP contribution in [0.25, 0.3) is 11.1 Å². The van der Waals surface area contributed by atoms with E-state index in [1.54, 1.807) is 43.6 Å². The lowest BCUT2D eigenvalue weighted by Gasteiger charge is -2.21. The van der Waals surface area contributed by atoms with Crippen molar-refractivity contribution in [2.45, 2.75) is 19.3 Å². The Bertz CT molecular complexity index is 1440. The zero-order chi connectivity index (χ0) is 24.9. The number of hydrogen-bond donors (Lipinski definition) is 2. The van der Waals surface area contributed by atoms with E-state index in [0.717, 1.165) is 27.8 Å². The summed E-state index contributed by atoms with van der Waals surface area (Å²) in [4.78, 5) is 23.0. The van der Waals surface area contributed by atoms with Crippen molar-refractivity contribution in [1.82, 2.24) is 4.57 Å². The summed E-state index contributed by atoms with van der Waals surface area (Å²) in [6.07, 6.45) is 2.11. The maximum absolute atomic E-state index is 11.8. The minimum Gasteiger partial charge on any atom is -0.478 e. The molecule has 35 heavy (non-hydrogen) atoms. The van der Waals surface area contributed by atoms with E-state index in [0.29, 0.717) is 17.7 Å². The fourth-order valence-corrected chi connectivity index (χ4v) is 4.27. The fourth-order valence-electron chi connectivity index (χ4n) is 4.27. The summed E-state index contributed by atoms with van der Waals surface area (Å²) < 4.78 is 1.47. The molecule has 0 saturated heterocycles. The molecular weight excluding hydrogens is 440 g/mol. The number of rotatable bonds is 7. The van der Waals surface area contributed by atoms with Gasteiger partial charge in [-0.25, -0.2) is 4.79 Å². The van der Waals surface area contributed by atoms with Crippen LogP contribution in [0.1, 0.15) is 45.0 Å². The van der Waals surface area contributed by atoms with Crippen LogP contribution in [0.5, 0.6) is 0 Å². The third kappa shape index (κ3) is 5.22. The Balaban J connectivity index is 1.70. The van der Waals surface area contributed by atoms with Gasteiger partial charge in [-0.3, -0.25) is 4.79 Å². The molecule has 0 fully saturated rings. The Morgan fingerprint density at radius 3 is 2.06 bits per heavy atom. The van der Waals surface area contributed by atoms with E-state index in [2.05, 4.69) is 24.2 Å². The van der Waals surface area contributed by atoms with Gasteiger partial charge in [-0.15, -0.1) is 0 Å². The molecule has 0 amide bonds. The van der Waals surface area contributed by atoms with Crippen molar-refractivity contribution in [3.05, 3.63) is 129 Å². The highest BCUT2D eigenvalue weighted by atomic mass is 16.4. The van der Waals surface area contributed by atoms with Gasteiger partial charge in [0.2, 0.25) is 5.56 Å². The topological polar surface area (TPSA) is 91.9 Å². The number of carboxylic acid groups (broad SMARTS) is 1. The van der Waals surface area contributed by atoms with Gasteiger partial charge < -0.3 is 14.9 Å². The molecule has 0 bridgehead atoms. The molecule has 0 aliphatic rings. The van der Waals surface area contributed by atoms with Crippen molar-refractivity contribution < 1.29 is 15.1 Å². The molecule has 1 atom stereocenters. The molecule has 6 nitrogen and oxygen atoms in total. The summed E-state index contributed by atoms with van der Waals surface area (Å²) in [7, 11) is 1.67. The lowest BCUT2D eigenvalue weighted by atomic mass is 9.83. The number of aromatic nitrogens is 1. The molecule has 1 heterocycles. The van der Waals surface area contributed by atoms with Crippen LogP contribution < -0.4 is 5.56 Å². The van der Waals surface area contributed by atoms with Gasteiger partial charge in [0.25, 0.3) is 0 Å². The van der Waals surface area contributed by atoms with E-state index in [4.69, 9.17) is 5.11 Å². The van der Waals surface area contributed by atoms with Crippen LogP contribution >= 0.6 is 0 Å². The first-order chi connectivity index (χ1) is 16.9. The number of carboxylic acids is 1. The van der Waals surface area contributed by atoms with Gasteiger partial charge in [0.1, 0.15) is 0 Å². The predicted molar refractivity (Wildman–Crippen MR) is 136 cm³/mol. The van der Waals surface area contributed by atoms with Crippen LogP contribution in [0.4, 0.5) is 0 Å². The van der Waals surface area contributed by atoms with Crippen molar-refractivity contribution in [1.29, 1.82) is 0 Å². The molecule has 3 aromatic carbocycles. The number of benzene rings is 3. The summed E-state index contributed by atoms with van der Waals surface area (Å²) in [6.45, 7) is 2.06. The number of pyridine rings is 1. The molecule has 4 rings (SSSR count).